The van der Waals surface area contributed by atoms with Crippen LogP contribution in [0.15, 0.2) is 106 Å². The van der Waals surface area contributed by atoms with Crippen LogP contribution >= 0.6 is 0 Å². The highest BCUT2D eigenvalue weighted by molar-refractivity contribution is 7.92. The quantitative estimate of drug-likeness (QED) is 0.172. The third-order valence-electron chi connectivity index (χ3n) is 10.5. The summed E-state index contributed by atoms with van der Waals surface area (Å²) in [5.74, 6) is 0.169. The summed E-state index contributed by atoms with van der Waals surface area (Å²) in [7, 11) is 0.0594. The van der Waals surface area contributed by atoms with Gasteiger partial charge in [-0.1, -0.05) is 91.0 Å². The summed E-state index contributed by atoms with van der Waals surface area (Å²) in [4.78, 5) is 16.6. The van der Waals surface area contributed by atoms with Gasteiger partial charge in [-0.3, -0.25) is 0 Å². The first kappa shape index (κ1) is 33.3. The van der Waals surface area contributed by atoms with E-state index in [1.165, 1.54) is 6.20 Å². The molecule has 0 unspecified atom stereocenters. The third-order valence-corrected chi connectivity index (χ3v) is 12.4. The van der Waals surface area contributed by atoms with Gasteiger partial charge in [0.2, 0.25) is 5.88 Å². The van der Waals surface area contributed by atoms with Crippen LogP contribution in [0.4, 0.5) is 14.9 Å². The smallest absolute Gasteiger partial charge is 0.354 e. The zero-order valence-corrected chi connectivity index (χ0v) is 29.6. The lowest BCUT2D eigenvalue weighted by Crippen LogP contribution is -2.48. The number of aromatic nitrogens is 2. The highest BCUT2D eigenvalue weighted by atomic mass is 32.2. The molecule has 11 heteroatoms. The summed E-state index contributed by atoms with van der Waals surface area (Å²) >= 11 is 0. The first-order valence-electron chi connectivity index (χ1n) is 17.5. The first-order valence-corrected chi connectivity index (χ1v) is 19.0. The molecule has 51 heavy (non-hydrogen) atoms. The SMILES string of the molecule is CN(C)[C@@H]1COc2c([S@@](=O)(=NC(=O)Nc3c4c(c(F)c5c3CCC5)CCC4)NC(c3ccccc3)(c3ccccc3)c3ccccc3)cnn2C1. The van der Waals surface area contributed by atoms with Crippen LogP contribution in [-0.2, 0) is 47.7 Å². The maximum Gasteiger partial charge on any atom is 0.354 e. The Balaban J connectivity index is 1.33. The van der Waals surface area contributed by atoms with E-state index in [4.69, 9.17) is 4.74 Å². The Labute approximate surface area is 298 Å². The van der Waals surface area contributed by atoms with E-state index >= 15 is 8.60 Å². The predicted octanol–water partition coefficient (Wildman–Crippen LogP) is 6.88. The number of benzene rings is 4. The van der Waals surface area contributed by atoms with E-state index in [1.54, 1.807) is 4.68 Å². The van der Waals surface area contributed by atoms with Crippen LogP contribution in [0.5, 0.6) is 5.88 Å². The molecule has 4 aromatic carbocycles. The molecule has 0 spiro atoms. The van der Waals surface area contributed by atoms with Gasteiger partial charge in [0, 0.05) is 5.69 Å². The maximum absolute atomic E-state index is 16.1. The van der Waals surface area contributed by atoms with Gasteiger partial charge in [0.1, 0.15) is 22.9 Å². The Hall–Kier alpha value is -4.84. The molecule has 1 aliphatic heterocycles. The molecular weight excluding hydrogens is 664 g/mol. The van der Waals surface area contributed by atoms with Gasteiger partial charge in [-0.2, -0.15) is 5.10 Å². The molecule has 0 saturated carbocycles. The molecule has 1 aromatic heterocycles. The Morgan fingerprint density at radius 2 is 1.37 bits per heavy atom. The lowest BCUT2D eigenvalue weighted by molar-refractivity contribution is 0.117. The van der Waals surface area contributed by atoms with Gasteiger partial charge < -0.3 is 15.0 Å². The number of likely N-dealkylation sites (N-methyl/N-ethyl adjacent to an activating group) is 1. The van der Waals surface area contributed by atoms with Crippen molar-refractivity contribution < 1.29 is 18.1 Å². The number of hydrogen-bond donors (Lipinski definition) is 2. The van der Waals surface area contributed by atoms with E-state index < -0.39 is 21.5 Å². The Morgan fingerprint density at radius 3 is 1.88 bits per heavy atom. The number of halogens is 1. The van der Waals surface area contributed by atoms with Crippen molar-refractivity contribution in [2.24, 2.45) is 4.36 Å². The van der Waals surface area contributed by atoms with E-state index in [-0.39, 0.29) is 16.8 Å². The van der Waals surface area contributed by atoms with Gasteiger partial charge in [0.15, 0.2) is 9.92 Å². The van der Waals surface area contributed by atoms with Crippen LogP contribution < -0.4 is 14.8 Å². The van der Waals surface area contributed by atoms with Crippen LogP contribution in [-0.4, -0.2) is 51.7 Å². The third kappa shape index (κ3) is 5.83. The van der Waals surface area contributed by atoms with Crippen molar-refractivity contribution >= 4 is 21.6 Å². The van der Waals surface area contributed by atoms with Crippen LogP contribution in [0.1, 0.15) is 51.8 Å². The molecule has 2 heterocycles. The number of anilines is 1. The molecule has 3 aliphatic rings. The van der Waals surface area contributed by atoms with Crippen LogP contribution in [0.3, 0.4) is 0 Å². The average molecular weight is 705 g/mol. The minimum absolute atomic E-state index is 0.0502. The van der Waals surface area contributed by atoms with E-state index in [0.717, 1.165) is 40.7 Å². The molecule has 2 amide bonds. The lowest BCUT2D eigenvalue weighted by atomic mass is 9.78. The van der Waals surface area contributed by atoms with Gasteiger partial charge in [-0.15, -0.1) is 4.36 Å². The fourth-order valence-corrected chi connectivity index (χ4v) is 9.82. The topological polar surface area (TPSA) is 101 Å². The maximum atomic E-state index is 16.1. The first-order chi connectivity index (χ1) is 24.8. The van der Waals surface area contributed by atoms with Crippen LogP contribution in [0.25, 0.3) is 0 Å². The Kier molecular flexibility index (Phi) is 8.73. The van der Waals surface area contributed by atoms with E-state index in [2.05, 4.69) is 24.4 Å². The fraction of sp³-hybridized carbons (Fsp3) is 0.300. The monoisotopic (exact) mass is 704 g/mol. The zero-order valence-electron chi connectivity index (χ0n) is 28.8. The van der Waals surface area contributed by atoms with Crippen molar-refractivity contribution in [3.05, 3.63) is 142 Å². The summed E-state index contributed by atoms with van der Waals surface area (Å²) in [5, 5.41) is 7.64. The van der Waals surface area contributed by atoms with Crippen LogP contribution in [0, 0.1) is 5.82 Å². The standard InChI is InChI=1S/C40H41FN6O3S/c1-46(2)30-25-47-38(50-26-30)35(24-42-47)51(49,44-39(48)43-37-33-22-12-20-31(33)36(41)32-21-13-23-34(32)37)45-40(27-14-6-3-7-15-27,28-16-8-4-9-17-28)29-18-10-5-11-19-29/h3-11,14-19,24,30H,12-13,20-23,25-26H2,1-2H3,(H2,43,44,45,48,49)/t30-,51+/m0/s1. The number of hydrogen-bond acceptors (Lipinski definition) is 5. The van der Waals surface area contributed by atoms with E-state index in [9.17, 15) is 4.79 Å². The van der Waals surface area contributed by atoms with Gasteiger partial charge in [0.25, 0.3) is 0 Å². The zero-order chi connectivity index (χ0) is 35.2. The van der Waals surface area contributed by atoms with Gasteiger partial charge in [0.05, 0.1) is 18.8 Å². The molecule has 0 bridgehead atoms. The highest BCUT2D eigenvalue weighted by Gasteiger charge is 2.42. The number of rotatable bonds is 8. The number of carbonyl (C=O) groups excluding carboxylic acids is 1. The van der Waals surface area contributed by atoms with E-state index in [1.807, 2.05) is 105 Å². The number of carbonyl (C=O) groups is 1. The summed E-state index contributed by atoms with van der Waals surface area (Å²) in [6, 6.07) is 28.5. The average Bonchev–Trinajstić information content (AvgIpc) is 3.94. The Morgan fingerprint density at radius 1 is 0.863 bits per heavy atom. The molecule has 9 nitrogen and oxygen atoms in total. The summed E-state index contributed by atoms with van der Waals surface area (Å²) in [5.41, 5.74) is 4.78. The van der Waals surface area contributed by atoms with Crippen molar-refractivity contribution in [2.75, 3.05) is 26.0 Å². The fourth-order valence-electron chi connectivity index (χ4n) is 7.92. The molecule has 262 valence electrons. The number of ether oxygens (including phenoxy) is 1. The minimum Gasteiger partial charge on any atom is -0.475 e. The molecule has 2 atom stereocenters. The van der Waals surface area contributed by atoms with Crippen molar-refractivity contribution in [3.63, 3.8) is 0 Å². The second kappa shape index (κ2) is 13.4. The number of nitrogens with zero attached hydrogens (tertiary/aromatic N) is 4. The second-order valence-electron chi connectivity index (χ2n) is 13.7. The van der Waals surface area contributed by atoms with Gasteiger partial charge in [-0.25, -0.2) is 22.8 Å². The largest absolute Gasteiger partial charge is 0.475 e. The van der Waals surface area contributed by atoms with Crippen molar-refractivity contribution in [1.82, 2.24) is 19.4 Å². The number of amides is 2. The number of nitrogens with one attached hydrogen (secondary N) is 2. The molecule has 0 fully saturated rings. The molecule has 0 radical (unpaired) electrons. The highest BCUT2D eigenvalue weighted by Crippen LogP contribution is 2.43. The molecule has 2 N–H and O–H groups in total. The van der Waals surface area contributed by atoms with Gasteiger partial charge in [-0.05, 0) is 91.6 Å². The van der Waals surface area contributed by atoms with Crippen molar-refractivity contribution in [1.29, 1.82) is 0 Å². The Bertz CT molecular complexity index is 2080. The molecule has 5 aromatic rings. The van der Waals surface area contributed by atoms with Crippen molar-refractivity contribution in [2.45, 2.75) is 61.5 Å². The molecule has 2 aliphatic carbocycles. The number of fused-ring (bicyclic) bond motifs is 3. The molecular formula is C40H41FN6O3S. The minimum atomic E-state index is -3.89. The molecule has 8 rings (SSSR count). The normalized spacial score (nSPS) is 17.6. The van der Waals surface area contributed by atoms with Crippen molar-refractivity contribution in [3.8, 4) is 5.88 Å². The second-order valence-corrected chi connectivity index (χ2v) is 15.6. The summed E-state index contributed by atoms with van der Waals surface area (Å²) in [6.45, 7) is 0.863. The predicted molar refractivity (Wildman–Crippen MR) is 196 cm³/mol. The summed E-state index contributed by atoms with van der Waals surface area (Å²) in [6.07, 6.45) is 5.73. The van der Waals surface area contributed by atoms with Gasteiger partial charge >= 0.3 is 6.03 Å². The summed E-state index contributed by atoms with van der Waals surface area (Å²) < 4.78 is 47.6. The number of urea groups is 1. The van der Waals surface area contributed by atoms with E-state index in [0.29, 0.717) is 61.5 Å². The van der Waals surface area contributed by atoms with Crippen LogP contribution in [0.2, 0.25) is 0 Å². The lowest BCUT2D eigenvalue weighted by Gasteiger charge is -2.37. The molecule has 0 saturated heterocycles.